The number of hydrogen-bond donors (Lipinski definition) is 6. The lowest BCUT2D eigenvalue weighted by atomic mass is 10.0. The van der Waals surface area contributed by atoms with Crippen molar-refractivity contribution in [2.45, 2.75) is 24.4 Å². The molecule has 0 radical (unpaired) electrons. The van der Waals surface area contributed by atoms with Gasteiger partial charge >= 0.3 is 0 Å². The number of halogens is 1. The highest BCUT2D eigenvalue weighted by Crippen LogP contribution is 2.21. The van der Waals surface area contributed by atoms with Gasteiger partial charge in [-0.1, -0.05) is 0 Å². The zero-order valence-corrected chi connectivity index (χ0v) is 10.3. The fourth-order valence-electron chi connectivity index (χ4n) is 1.83. The summed E-state index contributed by atoms with van der Waals surface area (Å²) >= 11 is 0. The number of rotatable bonds is 5. The lowest BCUT2D eigenvalue weighted by Crippen LogP contribution is -2.42. The normalized spacial score (nSPS) is 17.9. The number of benzene rings is 1. The summed E-state index contributed by atoms with van der Waals surface area (Å²) in [6.07, 6.45) is -6.73. The quantitative estimate of drug-likeness (QED) is 0.410. The molecule has 2 aromatic rings. The number of aromatic nitrogens is 2. The minimum atomic E-state index is -1.76. The first-order valence-electron chi connectivity index (χ1n) is 5.92. The number of hydrogen-bond acceptors (Lipinski definition) is 6. The second-order valence-electron chi connectivity index (χ2n) is 4.46. The van der Waals surface area contributed by atoms with Crippen LogP contribution in [0.15, 0.2) is 18.2 Å². The van der Waals surface area contributed by atoms with Crippen molar-refractivity contribution in [2.24, 2.45) is 0 Å². The van der Waals surface area contributed by atoms with Crippen molar-refractivity contribution in [1.82, 2.24) is 9.97 Å². The second-order valence-corrected chi connectivity index (χ2v) is 4.46. The monoisotopic (exact) mass is 286 g/mol. The number of aromatic amines is 1. The van der Waals surface area contributed by atoms with Gasteiger partial charge in [-0.15, -0.1) is 0 Å². The number of imidazole rings is 1. The standard InChI is InChI=1S/C12H15FN2O5/c13-5-1-2-6-7(3-5)15-12(14-6)11(20)10(19)9(18)8(17)4-16/h1-3,8-11,16-20H,4H2,(H,14,15)/t8-,9-,10+,11-/m1/s1. The maximum absolute atomic E-state index is 13.0. The smallest absolute Gasteiger partial charge is 0.140 e. The number of aliphatic hydroxyl groups is 5. The predicted octanol–water partition coefficient (Wildman–Crippen LogP) is -1.19. The number of H-pyrrole nitrogens is 1. The SMILES string of the molecule is OC[C@@H](O)[C@@H](O)[C@H](O)[C@@H](O)c1nc2ccc(F)cc2[nH]1. The third-order valence-corrected chi connectivity index (χ3v) is 3.00. The fraction of sp³-hybridized carbons (Fsp3) is 0.417. The van der Waals surface area contributed by atoms with Crippen LogP contribution in [-0.4, -0.2) is 60.4 Å². The van der Waals surface area contributed by atoms with Gasteiger partial charge in [-0.2, -0.15) is 0 Å². The first-order chi connectivity index (χ1) is 9.43. The zero-order chi connectivity index (χ0) is 14.9. The van der Waals surface area contributed by atoms with Crippen LogP contribution in [0.2, 0.25) is 0 Å². The van der Waals surface area contributed by atoms with Gasteiger partial charge in [0.05, 0.1) is 17.6 Å². The van der Waals surface area contributed by atoms with Gasteiger partial charge in [-0.05, 0) is 18.2 Å². The molecule has 1 heterocycles. The van der Waals surface area contributed by atoms with E-state index in [1.54, 1.807) is 0 Å². The van der Waals surface area contributed by atoms with E-state index >= 15 is 0 Å². The van der Waals surface area contributed by atoms with Crippen LogP contribution >= 0.6 is 0 Å². The van der Waals surface area contributed by atoms with E-state index in [0.717, 1.165) is 0 Å². The largest absolute Gasteiger partial charge is 0.394 e. The van der Waals surface area contributed by atoms with Gasteiger partial charge < -0.3 is 30.5 Å². The van der Waals surface area contributed by atoms with Gasteiger partial charge in [0.15, 0.2) is 0 Å². The highest BCUT2D eigenvalue weighted by atomic mass is 19.1. The number of nitrogens with zero attached hydrogens (tertiary/aromatic N) is 1. The molecule has 0 bridgehead atoms. The third-order valence-electron chi connectivity index (χ3n) is 3.00. The topological polar surface area (TPSA) is 130 Å². The highest BCUT2D eigenvalue weighted by Gasteiger charge is 2.32. The van der Waals surface area contributed by atoms with Crippen molar-refractivity contribution in [1.29, 1.82) is 0 Å². The Bertz CT molecular complexity index is 590. The maximum atomic E-state index is 13.0. The second kappa shape index (κ2) is 5.81. The molecule has 110 valence electrons. The Morgan fingerprint density at radius 3 is 2.50 bits per heavy atom. The van der Waals surface area contributed by atoms with Crippen molar-refractivity contribution in [2.75, 3.05) is 6.61 Å². The van der Waals surface area contributed by atoms with E-state index in [1.807, 2.05) is 0 Å². The summed E-state index contributed by atoms with van der Waals surface area (Å²) in [5.74, 6) is -0.569. The molecule has 7 nitrogen and oxygen atoms in total. The molecule has 0 amide bonds. The van der Waals surface area contributed by atoms with Crippen LogP contribution in [-0.2, 0) is 0 Å². The van der Waals surface area contributed by atoms with Crippen molar-refractivity contribution in [3.05, 3.63) is 29.8 Å². The average molecular weight is 286 g/mol. The van der Waals surface area contributed by atoms with Crippen LogP contribution in [0.5, 0.6) is 0 Å². The number of aliphatic hydroxyl groups excluding tert-OH is 5. The molecule has 0 unspecified atom stereocenters. The minimum Gasteiger partial charge on any atom is -0.394 e. The summed E-state index contributed by atoms with van der Waals surface area (Å²) < 4.78 is 13.0. The molecular formula is C12H15FN2O5. The fourth-order valence-corrected chi connectivity index (χ4v) is 1.83. The zero-order valence-electron chi connectivity index (χ0n) is 10.3. The Hall–Kier alpha value is -1.58. The summed E-state index contributed by atoms with van der Waals surface area (Å²) in [6.45, 7) is -0.768. The van der Waals surface area contributed by atoms with E-state index in [4.69, 9.17) is 5.11 Å². The Kier molecular flexibility index (Phi) is 4.31. The van der Waals surface area contributed by atoms with E-state index in [2.05, 4.69) is 9.97 Å². The molecule has 0 aliphatic rings. The van der Waals surface area contributed by atoms with Crippen molar-refractivity contribution in [3.63, 3.8) is 0 Å². The first kappa shape index (κ1) is 14.8. The lowest BCUT2D eigenvalue weighted by molar-refractivity contribution is -0.117. The summed E-state index contributed by atoms with van der Waals surface area (Å²) in [5.41, 5.74) is 0.702. The molecule has 8 heteroatoms. The molecule has 6 N–H and O–H groups in total. The minimum absolute atomic E-state index is 0.0812. The molecule has 0 spiro atoms. The van der Waals surface area contributed by atoms with Gasteiger partial charge in [-0.3, -0.25) is 0 Å². The molecular weight excluding hydrogens is 271 g/mol. The van der Waals surface area contributed by atoms with Crippen LogP contribution in [0, 0.1) is 5.82 Å². The van der Waals surface area contributed by atoms with E-state index in [9.17, 15) is 24.8 Å². The Morgan fingerprint density at radius 2 is 1.85 bits per heavy atom. The van der Waals surface area contributed by atoms with Gasteiger partial charge in [0.2, 0.25) is 0 Å². The Morgan fingerprint density at radius 1 is 1.15 bits per heavy atom. The molecule has 0 fully saturated rings. The van der Waals surface area contributed by atoms with E-state index in [1.165, 1.54) is 18.2 Å². The Labute approximate surface area is 113 Å². The molecule has 1 aromatic carbocycles. The number of fused-ring (bicyclic) bond motifs is 1. The van der Waals surface area contributed by atoms with Crippen LogP contribution < -0.4 is 0 Å². The van der Waals surface area contributed by atoms with Crippen molar-refractivity contribution >= 4 is 11.0 Å². The van der Waals surface area contributed by atoms with Gasteiger partial charge in [-0.25, -0.2) is 9.37 Å². The van der Waals surface area contributed by atoms with Crippen LogP contribution in [0.1, 0.15) is 11.9 Å². The third kappa shape index (κ3) is 2.79. The molecule has 0 aliphatic carbocycles. The predicted molar refractivity (Wildman–Crippen MR) is 66.1 cm³/mol. The molecule has 0 saturated carbocycles. The van der Waals surface area contributed by atoms with Gasteiger partial charge in [0.1, 0.15) is 36.1 Å². The summed E-state index contributed by atoms with van der Waals surface area (Å²) in [4.78, 5) is 6.57. The van der Waals surface area contributed by atoms with Crippen molar-refractivity contribution in [3.8, 4) is 0 Å². The molecule has 20 heavy (non-hydrogen) atoms. The molecule has 4 atom stereocenters. The molecule has 0 aliphatic heterocycles. The summed E-state index contributed by atoms with van der Waals surface area (Å²) in [6, 6.07) is 3.76. The Balaban J connectivity index is 2.24. The lowest BCUT2D eigenvalue weighted by Gasteiger charge is -2.24. The van der Waals surface area contributed by atoms with Gasteiger partial charge in [0.25, 0.3) is 0 Å². The van der Waals surface area contributed by atoms with Crippen LogP contribution in [0.3, 0.4) is 0 Å². The van der Waals surface area contributed by atoms with Crippen molar-refractivity contribution < 1.29 is 29.9 Å². The summed E-state index contributed by atoms with van der Waals surface area (Å²) in [7, 11) is 0. The summed E-state index contributed by atoms with van der Waals surface area (Å²) in [5, 5.41) is 47.0. The van der Waals surface area contributed by atoms with Gasteiger partial charge in [0, 0.05) is 0 Å². The van der Waals surface area contributed by atoms with E-state index < -0.39 is 36.8 Å². The first-order valence-corrected chi connectivity index (χ1v) is 5.92. The average Bonchev–Trinajstić information content (AvgIpc) is 2.86. The number of nitrogens with one attached hydrogen (secondary N) is 1. The highest BCUT2D eigenvalue weighted by molar-refractivity contribution is 5.75. The van der Waals surface area contributed by atoms with Crippen LogP contribution in [0.25, 0.3) is 11.0 Å². The maximum Gasteiger partial charge on any atom is 0.140 e. The molecule has 0 saturated heterocycles. The molecule has 1 aromatic heterocycles. The molecule has 2 rings (SSSR count). The van der Waals surface area contributed by atoms with E-state index in [0.29, 0.717) is 11.0 Å². The van der Waals surface area contributed by atoms with E-state index in [-0.39, 0.29) is 5.82 Å². The van der Waals surface area contributed by atoms with Crippen LogP contribution in [0.4, 0.5) is 4.39 Å².